The quantitative estimate of drug-likeness (QED) is 0.437. The van der Waals surface area contributed by atoms with Crippen molar-refractivity contribution >= 4 is 17.5 Å². The molecule has 32 heavy (non-hydrogen) atoms. The topological polar surface area (TPSA) is 78.1 Å². The van der Waals surface area contributed by atoms with E-state index in [0.717, 1.165) is 42.6 Å². The molecule has 3 rings (SSSR count). The molecule has 0 bridgehead atoms. The van der Waals surface area contributed by atoms with Crippen molar-refractivity contribution in [3.63, 3.8) is 0 Å². The largest absolute Gasteiger partial charge is 0.342 e. The van der Waals surface area contributed by atoms with E-state index in [1.807, 2.05) is 12.1 Å². The molecule has 0 atom stereocenters. The van der Waals surface area contributed by atoms with Crippen LogP contribution in [0.25, 0.3) is 11.3 Å². The van der Waals surface area contributed by atoms with Crippen molar-refractivity contribution in [2.24, 2.45) is 0 Å². The Labute approximate surface area is 187 Å². The van der Waals surface area contributed by atoms with E-state index in [9.17, 15) is 14.0 Å². The van der Waals surface area contributed by atoms with Gasteiger partial charge in [-0.05, 0) is 55.7 Å². The Morgan fingerprint density at radius 2 is 1.88 bits per heavy atom. The minimum absolute atomic E-state index is 0.0640. The molecule has 7 heteroatoms. The van der Waals surface area contributed by atoms with Gasteiger partial charge in [-0.2, -0.15) is 5.10 Å². The normalized spacial score (nSPS) is 10.7. The van der Waals surface area contributed by atoms with Crippen molar-refractivity contribution in [3.8, 4) is 11.3 Å². The molecular weight excluding hydrogens is 407 g/mol. The lowest BCUT2D eigenvalue weighted by Gasteiger charge is -2.17. The smallest absolute Gasteiger partial charge is 0.253 e. The van der Waals surface area contributed by atoms with Gasteiger partial charge in [0.15, 0.2) is 0 Å². The molecule has 1 aromatic heterocycles. The summed E-state index contributed by atoms with van der Waals surface area (Å²) in [5.41, 5.74) is 3.70. The minimum Gasteiger partial charge on any atom is -0.342 e. The molecule has 6 nitrogen and oxygen atoms in total. The SMILES string of the molecule is CCC(=O)Nc1cccc(C(=O)N(C)CCCCCc2cc(-c3cccc(F)c3)n[nH]2)c1. The molecule has 0 aliphatic rings. The summed E-state index contributed by atoms with van der Waals surface area (Å²) in [5, 5.41) is 10.1. The second-order valence-corrected chi connectivity index (χ2v) is 7.81. The number of hydrogen-bond donors (Lipinski definition) is 2. The van der Waals surface area contributed by atoms with Crippen LogP contribution in [0.15, 0.2) is 54.6 Å². The van der Waals surface area contributed by atoms with E-state index in [1.165, 1.54) is 12.1 Å². The van der Waals surface area contributed by atoms with Crippen LogP contribution >= 0.6 is 0 Å². The first-order valence-corrected chi connectivity index (χ1v) is 10.9. The third-order valence-corrected chi connectivity index (χ3v) is 5.25. The van der Waals surface area contributed by atoms with Crippen LogP contribution in [0, 0.1) is 5.82 Å². The molecule has 2 N–H and O–H groups in total. The number of anilines is 1. The maximum Gasteiger partial charge on any atom is 0.253 e. The first-order valence-electron chi connectivity index (χ1n) is 10.9. The Bertz CT molecular complexity index is 1060. The standard InChI is InChI=1S/C25H29FN4O2/c1-3-24(31)27-21-13-8-10-19(16-21)25(32)30(2)14-6-4-5-12-22-17-23(29-28-22)18-9-7-11-20(26)15-18/h7-11,13,15-17H,3-6,12,14H2,1-2H3,(H,27,31)(H,28,29). The third-order valence-electron chi connectivity index (χ3n) is 5.25. The molecule has 168 valence electrons. The number of nitrogens with one attached hydrogen (secondary N) is 2. The molecular formula is C25H29FN4O2. The van der Waals surface area contributed by atoms with Gasteiger partial charge in [-0.3, -0.25) is 14.7 Å². The first kappa shape index (κ1) is 23.2. The van der Waals surface area contributed by atoms with Gasteiger partial charge in [0.2, 0.25) is 5.91 Å². The molecule has 0 fully saturated rings. The zero-order chi connectivity index (χ0) is 22.9. The number of aromatic nitrogens is 2. The monoisotopic (exact) mass is 436 g/mol. The molecule has 0 spiro atoms. The summed E-state index contributed by atoms with van der Waals surface area (Å²) in [7, 11) is 1.79. The number of aromatic amines is 1. The van der Waals surface area contributed by atoms with Gasteiger partial charge >= 0.3 is 0 Å². The highest BCUT2D eigenvalue weighted by molar-refractivity contribution is 5.97. The third kappa shape index (κ3) is 6.51. The number of carbonyl (C=O) groups excluding carboxylic acids is 2. The summed E-state index contributed by atoms with van der Waals surface area (Å²) < 4.78 is 13.4. The van der Waals surface area contributed by atoms with Crippen LogP contribution < -0.4 is 5.32 Å². The predicted octanol–water partition coefficient (Wildman–Crippen LogP) is 5.05. The van der Waals surface area contributed by atoms with E-state index in [2.05, 4.69) is 15.5 Å². The number of benzene rings is 2. The number of halogens is 1. The Kier molecular flexibility index (Phi) is 8.14. The molecule has 2 aromatic carbocycles. The van der Waals surface area contributed by atoms with Crippen molar-refractivity contribution in [2.45, 2.75) is 39.0 Å². The molecule has 2 amide bonds. The van der Waals surface area contributed by atoms with E-state index < -0.39 is 0 Å². The molecule has 0 aliphatic heterocycles. The van der Waals surface area contributed by atoms with E-state index in [0.29, 0.717) is 24.2 Å². The lowest BCUT2D eigenvalue weighted by atomic mass is 10.1. The Balaban J connectivity index is 1.42. The summed E-state index contributed by atoms with van der Waals surface area (Å²) in [6.45, 7) is 2.44. The second kappa shape index (κ2) is 11.2. The van der Waals surface area contributed by atoms with Crippen LogP contribution in [0.2, 0.25) is 0 Å². The van der Waals surface area contributed by atoms with Gasteiger partial charge in [0, 0.05) is 42.5 Å². The summed E-state index contributed by atoms with van der Waals surface area (Å²) in [5.74, 6) is -0.419. The Hall–Kier alpha value is -3.48. The zero-order valence-electron chi connectivity index (χ0n) is 18.5. The van der Waals surface area contributed by atoms with E-state index in [1.54, 1.807) is 49.2 Å². The van der Waals surface area contributed by atoms with Gasteiger partial charge in [-0.25, -0.2) is 4.39 Å². The molecule has 0 unspecified atom stereocenters. The second-order valence-electron chi connectivity index (χ2n) is 7.81. The minimum atomic E-state index is -0.275. The van der Waals surface area contributed by atoms with Gasteiger partial charge < -0.3 is 10.2 Å². The van der Waals surface area contributed by atoms with Crippen molar-refractivity contribution in [1.82, 2.24) is 15.1 Å². The van der Waals surface area contributed by atoms with Gasteiger partial charge in [0.1, 0.15) is 5.82 Å². The number of H-pyrrole nitrogens is 1. The van der Waals surface area contributed by atoms with Crippen LogP contribution in [0.3, 0.4) is 0 Å². The molecule has 3 aromatic rings. The lowest BCUT2D eigenvalue weighted by molar-refractivity contribution is -0.115. The fourth-order valence-electron chi connectivity index (χ4n) is 3.43. The fourth-order valence-corrected chi connectivity index (χ4v) is 3.43. The average Bonchev–Trinajstić information content (AvgIpc) is 3.27. The summed E-state index contributed by atoms with van der Waals surface area (Å²) >= 11 is 0. The molecule has 0 saturated heterocycles. The highest BCUT2D eigenvalue weighted by atomic mass is 19.1. The lowest BCUT2D eigenvalue weighted by Crippen LogP contribution is -2.27. The van der Waals surface area contributed by atoms with Gasteiger partial charge in [0.05, 0.1) is 5.69 Å². The number of amides is 2. The molecule has 0 aliphatic carbocycles. The molecule has 1 heterocycles. The average molecular weight is 437 g/mol. The van der Waals surface area contributed by atoms with Gasteiger partial charge in [0.25, 0.3) is 5.91 Å². The maximum absolute atomic E-state index is 13.4. The number of aryl methyl sites for hydroxylation is 1. The summed E-state index contributed by atoms with van der Waals surface area (Å²) in [6.07, 6.45) is 4.06. The van der Waals surface area contributed by atoms with Gasteiger partial charge in [-0.15, -0.1) is 0 Å². The van der Waals surface area contributed by atoms with Gasteiger partial charge in [-0.1, -0.05) is 31.5 Å². The summed E-state index contributed by atoms with van der Waals surface area (Å²) in [6, 6.07) is 15.4. The van der Waals surface area contributed by atoms with Crippen molar-refractivity contribution in [1.29, 1.82) is 0 Å². The van der Waals surface area contributed by atoms with Crippen molar-refractivity contribution < 1.29 is 14.0 Å². The fraction of sp³-hybridized carbons (Fsp3) is 0.320. The van der Waals surface area contributed by atoms with Crippen LogP contribution in [-0.4, -0.2) is 40.5 Å². The summed E-state index contributed by atoms with van der Waals surface area (Å²) in [4.78, 5) is 25.9. The van der Waals surface area contributed by atoms with E-state index >= 15 is 0 Å². The molecule has 0 saturated carbocycles. The van der Waals surface area contributed by atoms with Crippen LogP contribution in [-0.2, 0) is 11.2 Å². The van der Waals surface area contributed by atoms with E-state index in [4.69, 9.17) is 0 Å². The number of unbranched alkanes of at least 4 members (excludes halogenated alkanes) is 2. The first-order chi connectivity index (χ1) is 15.5. The maximum atomic E-state index is 13.4. The number of nitrogens with zero attached hydrogens (tertiary/aromatic N) is 2. The van der Waals surface area contributed by atoms with Crippen LogP contribution in [0.5, 0.6) is 0 Å². The number of rotatable bonds is 10. The Morgan fingerprint density at radius 1 is 1.06 bits per heavy atom. The zero-order valence-corrected chi connectivity index (χ0v) is 18.5. The predicted molar refractivity (Wildman–Crippen MR) is 124 cm³/mol. The molecule has 0 radical (unpaired) electrons. The Morgan fingerprint density at radius 3 is 2.66 bits per heavy atom. The van der Waals surface area contributed by atoms with Crippen molar-refractivity contribution in [3.05, 3.63) is 71.7 Å². The number of hydrogen-bond acceptors (Lipinski definition) is 3. The van der Waals surface area contributed by atoms with Crippen LogP contribution in [0.1, 0.15) is 48.7 Å². The highest BCUT2D eigenvalue weighted by Crippen LogP contribution is 2.19. The number of carbonyl (C=O) groups is 2. The van der Waals surface area contributed by atoms with Crippen molar-refractivity contribution in [2.75, 3.05) is 18.9 Å². The highest BCUT2D eigenvalue weighted by Gasteiger charge is 2.12. The van der Waals surface area contributed by atoms with E-state index in [-0.39, 0.29) is 17.6 Å². The van der Waals surface area contributed by atoms with Crippen LogP contribution in [0.4, 0.5) is 10.1 Å².